The molecule has 1 N–H and O–H groups in total. The second-order valence-electron chi connectivity index (χ2n) is 3.51. The highest BCUT2D eigenvalue weighted by atomic mass is 32.1. The van der Waals surface area contributed by atoms with Gasteiger partial charge in [0.05, 0.1) is 0 Å². The Morgan fingerprint density at radius 2 is 1.87 bits per heavy atom. The summed E-state index contributed by atoms with van der Waals surface area (Å²) in [5.74, 6) is -0.353. The minimum atomic E-state index is -1.03. The van der Waals surface area contributed by atoms with Gasteiger partial charge in [0.1, 0.15) is 0 Å². The number of benzene rings is 1. The lowest BCUT2D eigenvalue weighted by atomic mass is 9.92. The topological polar surface area (TPSA) is 49.4 Å². The molecular weight excluding hydrogens is 212 g/mol. The van der Waals surface area contributed by atoms with E-state index in [0.717, 1.165) is 9.87 Å². The van der Waals surface area contributed by atoms with Gasteiger partial charge in [-0.3, -0.25) is 14.4 Å². The third kappa shape index (κ3) is 1.31. The van der Waals surface area contributed by atoms with Crippen LogP contribution in [0.4, 0.5) is 4.79 Å². The summed E-state index contributed by atoms with van der Waals surface area (Å²) in [7, 11) is 0. The van der Waals surface area contributed by atoms with E-state index in [4.69, 9.17) is 0 Å². The molecule has 1 atom stereocenters. The Hall–Kier alpha value is -1.49. The van der Waals surface area contributed by atoms with E-state index in [0.29, 0.717) is 0 Å². The van der Waals surface area contributed by atoms with Crippen molar-refractivity contribution in [1.82, 2.24) is 9.62 Å². The third-order valence-electron chi connectivity index (χ3n) is 2.61. The molecule has 2 rings (SSSR count). The zero-order valence-electron chi connectivity index (χ0n) is 8.10. The molecule has 0 aliphatic carbocycles. The van der Waals surface area contributed by atoms with E-state index in [9.17, 15) is 9.59 Å². The van der Waals surface area contributed by atoms with Gasteiger partial charge in [-0.1, -0.05) is 43.1 Å². The highest BCUT2D eigenvalue weighted by Gasteiger charge is 2.49. The first-order valence-electron chi connectivity index (χ1n) is 4.47. The fourth-order valence-electron chi connectivity index (χ4n) is 1.59. The molecule has 1 fully saturated rings. The maximum atomic E-state index is 11.7. The highest BCUT2D eigenvalue weighted by Crippen LogP contribution is 2.33. The standard InChI is InChI=1S/C10H10N2O2S/c1-10(7-5-3-2-4-6-7)8(13)11-9(14)12(10)15/h2-6,15H,1H3,(H,11,13,14)/t10-/m1/s1. The molecule has 15 heavy (non-hydrogen) atoms. The van der Waals surface area contributed by atoms with Gasteiger partial charge < -0.3 is 0 Å². The molecule has 0 radical (unpaired) electrons. The summed E-state index contributed by atoms with van der Waals surface area (Å²) in [5.41, 5.74) is -0.287. The number of hydrogen-bond donors (Lipinski definition) is 2. The highest BCUT2D eigenvalue weighted by molar-refractivity contribution is 7.78. The summed E-state index contributed by atoms with van der Waals surface area (Å²) in [5, 5.41) is 2.23. The zero-order chi connectivity index (χ0) is 11.1. The molecule has 1 aliphatic heterocycles. The second-order valence-corrected chi connectivity index (χ2v) is 3.91. The van der Waals surface area contributed by atoms with Crippen LogP contribution in [0.5, 0.6) is 0 Å². The lowest BCUT2D eigenvalue weighted by Gasteiger charge is -2.27. The van der Waals surface area contributed by atoms with Gasteiger partial charge in [-0.25, -0.2) is 4.79 Å². The van der Waals surface area contributed by atoms with Crippen molar-refractivity contribution in [2.45, 2.75) is 12.5 Å². The number of hydrogen-bond acceptors (Lipinski definition) is 3. The Labute approximate surface area is 92.8 Å². The van der Waals surface area contributed by atoms with Gasteiger partial charge in [-0.15, -0.1) is 0 Å². The van der Waals surface area contributed by atoms with Crippen LogP contribution < -0.4 is 5.32 Å². The number of imide groups is 1. The van der Waals surface area contributed by atoms with Crippen molar-refractivity contribution in [3.05, 3.63) is 35.9 Å². The molecule has 1 aromatic rings. The largest absolute Gasteiger partial charge is 0.335 e. The molecule has 1 aromatic carbocycles. The monoisotopic (exact) mass is 222 g/mol. The first kappa shape index (κ1) is 10.0. The predicted molar refractivity (Wildman–Crippen MR) is 58.2 cm³/mol. The number of nitrogens with one attached hydrogen (secondary N) is 1. The number of rotatable bonds is 1. The van der Waals surface area contributed by atoms with Crippen LogP contribution in [-0.2, 0) is 10.3 Å². The van der Waals surface area contributed by atoms with Crippen LogP contribution in [0.15, 0.2) is 30.3 Å². The van der Waals surface area contributed by atoms with Gasteiger partial charge in [0.2, 0.25) is 0 Å². The van der Waals surface area contributed by atoms with Crippen molar-refractivity contribution >= 4 is 24.8 Å². The molecule has 1 aliphatic rings. The normalized spacial score (nSPS) is 25.6. The molecular formula is C10H10N2O2S. The van der Waals surface area contributed by atoms with E-state index in [1.807, 2.05) is 18.2 Å². The molecule has 78 valence electrons. The van der Waals surface area contributed by atoms with Crippen LogP contribution in [0.1, 0.15) is 12.5 Å². The van der Waals surface area contributed by atoms with Gasteiger partial charge >= 0.3 is 6.03 Å². The fourth-order valence-corrected chi connectivity index (χ4v) is 1.84. The van der Waals surface area contributed by atoms with Crippen molar-refractivity contribution in [2.75, 3.05) is 0 Å². The van der Waals surface area contributed by atoms with Crippen molar-refractivity contribution in [1.29, 1.82) is 0 Å². The van der Waals surface area contributed by atoms with E-state index in [1.165, 1.54) is 0 Å². The SMILES string of the molecule is C[C@@]1(c2ccccc2)C(=O)NC(=O)N1S. The average molecular weight is 222 g/mol. The molecule has 0 spiro atoms. The van der Waals surface area contributed by atoms with Gasteiger partial charge in [-0.05, 0) is 12.5 Å². The van der Waals surface area contributed by atoms with Gasteiger partial charge in [0.15, 0.2) is 5.54 Å². The first-order valence-corrected chi connectivity index (χ1v) is 4.87. The summed E-state index contributed by atoms with van der Waals surface area (Å²) in [4.78, 5) is 23.0. The number of carbonyl (C=O) groups is 2. The van der Waals surface area contributed by atoms with Gasteiger partial charge in [0.25, 0.3) is 5.91 Å². The van der Waals surface area contributed by atoms with Crippen LogP contribution in [0.2, 0.25) is 0 Å². The average Bonchev–Trinajstić information content (AvgIpc) is 2.45. The predicted octanol–water partition coefficient (Wildman–Crippen LogP) is 1.30. The van der Waals surface area contributed by atoms with E-state index in [-0.39, 0.29) is 5.91 Å². The zero-order valence-corrected chi connectivity index (χ0v) is 8.99. The van der Waals surface area contributed by atoms with Crippen molar-refractivity contribution in [3.63, 3.8) is 0 Å². The van der Waals surface area contributed by atoms with Crippen LogP contribution in [-0.4, -0.2) is 16.2 Å². The molecule has 5 heteroatoms. The molecule has 0 saturated carbocycles. The van der Waals surface area contributed by atoms with E-state index < -0.39 is 11.6 Å². The molecule has 0 unspecified atom stereocenters. The van der Waals surface area contributed by atoms with E-state index >= 15 is 0 Å². The maximum Gasteiger partial charge on any atom is 0.335 e. The molecule has 0 bridgehead atoms. The van der Waals surface area contributed by atoms with Gasteiger partial charge in [-0.2, -0.15) is 0 Å². The minimum absolute atomic E-state index is 0.353. The summed E-state index contributed by atoms with van der Waals surface area (Å²) >= 11 is 4.04. The lowest BCUT2D eigenvalue weighted by Crippen LogP contribution is -2.39. The van der Waals surface area contributed by atoms with Crippen LogP contribution in [0.3, 0.4) is 0 Å². The van der Waals surface area contributed by atoms with E-state index in [2.05, 4.69) is 18.1 Å². The molecule has 1 saturated heterocycles. The Morgan fingerprint density at radius 1 is 1.27 bits per heavy atom. The smallest absolute Gasteiger partial charge is 0.275 e. The second kappa shape index (κ2) is 3.27. The van der Waals surface area contributed by atoms with Crippen molar-refractivity contribution < 1.29 is 9.59 Å². The summed E-state index contributed by atoms with van der Waals surface area (Å²) < 4.78 is 1.12. The molecule has 0 aromatic heterocycles. The maximum absolute atomic E-state index is 11.7. The number of amides is 3. The summed E-state index contributed by atoms with van der Waals surface area (Å²) in [6.45, 7) is 1.66. The number of nitrogens with zero attached hydrogens (tertiary/aromatic N) is 1. The van der Waals surface area contributed by atoms with Crippen molar-refractivity contribution in [2.24, 2.45) is 0 Å². The summed E-state index contributed by atoms with van der Waals surface area (Å²) in [6.07, 6.45) is 0. The number of thiol groups is 1. The lowest BCUT2D eigenvalue weighted by molar-refractivity contribution is -0.124. The Bertz CT molecular complexity index is 421. The Kier molecular flexibility index (Phi) is 2.19. The first-order chi connectivity index (χ1) is 7.06. The molecule has 3 amide bonds. The molecule has 1 heterocycles. The number of urea groups is 1. The van der Waals surface area contributed by atoms with E-state index in [1.54, 1.807) is 19.1 Å². The Morgan fingerprint density at radius 3 is 2.33 bits per heavy atom. The number of carbonyl (C=O) groups excluding carboxylic acids is 2. The quantitative estimate of drug-likeness (QED) is 0.556. The Balaban J connectivity index is 2.51. The van der Waals surface area contributed by atoms with Crippen LogP contribution in [0, 0.1) is 0 Å². The van der Waals surface area contributed by atoms with Gasteiger partial charge in [0, 0.05) is 0 Å². The minimum Gasteiger partial charge on any atom is -0.275 e. The van der Waals surface area contributed by atoms with Crippen LogP contribution >= 0.6 is 12.8 Å². The summed E-state index contributed by atoms with van der Waals surface area (Å²) in [6, 6.07) is 8.58. The fraction of sp³-hybridized carbons (Fsp3) is 0.200. The van der Waals surface area contributed by atoms with Crippen LogP contribution in [0.25, 0.3) is 0 Å². The molecule has 4 nitrogen and oxygen atoms in total. The van der Waals surface area contributed by atoms with Crippen molar-refractivity contribution in [3.8, 4) is 0 Å². The third-order valence-corrected chi connectivity index (χ3v) is 3.20.